The quantitative estimate of drug-likeness (QED) is 0.299. The van der Waals surface area contributed by atoms with Crippen molar-refractivity contribution in [3.8, 4) is 0 Å². The van der Waals surface area contributed by atoms with Gasteiger partial charge in [0.15, 0.2) is 0 Å². The Morgan fingerprint density at radius 1 is 0.0800 bits per heavy atom. The van der Waals surface area contributed by atoms with Gasteiger partial charge in [-0.1, -0.05) is 0 Å². The first kappa shape index (κ1) is 274. The summed E-state index contributed by atoms with van der Waals surface area (Å²) in [6, 6.07) is 0. The SMILES string of the molecule is [Ni].[Ni].[Ni].[Ni].[Ni].[Ni].[Ni].[Ni].[Ni].[Ni].[Ni].[Ni].[Ni].[Ni].[Ti].[Ti].[Ti].[Ti].[Ti].[Ti].[Ti].[Ti].[Ti].[Ti].[Ti]. The second kappa shape index (κ2) is 254. The Kier molecular flexibility index (Phi) is 2780. The third-order valence-electron chi connectivity index (χ3n) is 0. The molecule has 184 valence electrons. The van der Waals surface area contributed by atoms with Crippen LogP contribution in [0.5, 0.6) is 0 Å². The van der Waals surface area contributed by atoms with E-state index in [9.17, 15) is 0 Å². The van der Waals surface area contributed by atoms with Crippen molar-refractivity contribution >= 4 is 0 Å². The van der Waals surface area contributed by atoms with E-state index in [2.05, 4.69) is 0 Å². The maximum absolute atomic E-state index is 0. The molecule has 0 aromatic rings. The smallest absolute Gasteiger partial charge is 0 e. The summed E-state index contributed by atoms with van der Waals surface area (Å²) in [6.45, 7) is 0. The monoisotopic (exact) mass is 1340 g/mol. The van der Waals surface area contributed by atoms with Gasteiger partial charge in [0, 0.05) is 470 Å². The molecule has 0 aliphatic heterocycles. The second-order valence-electron chi connectivity index (χ2n) is 0. The number of rotatable bonds is 0. The summed E-state index contributed by atoms with van der Waals surface area (Å²) in [6.07, 6.45) is 0. The number of hydrogen-bond acceptors (Lipinski definition) is 0. The average molecular weight is 1350 g/mol. The van der Waals surface area contributed by atoms with Gasteiger partial charge < -0.3 is 0 Å². The Morgan fingerprint density at radius 3 is 0.0800 bits per heavy atom. The summed E-state index contributed by atoms with van der Waals surface area (Å²) in [5, 5.41) is 0. The van der Waals surface area contributed by atoms with Gasteiger partial charge in [-0.15, -0.1) is 0 Å². The molecule has 0 aliphatic carbocycles. The van der Waals surface area contributed by atoms with Crippen LogP contribution >= 0.6 is 0 Å². The molecular formula is Ni14Ti11. The molecule has 0 bridgehead atoms. The van der Waals surface area contributed by atoms with Crippen LogP contribution < -0.4 is 0 Å². The van der Waals surface area contributed by atoms with E-state index in [0.29, 0.717) is 0 Å². The maximum atomic E-state index is 0. The second-order valence-corrected chi connectivity index (χ2v) is 0. The van der Waals surface area contributed by atoms with Crippen molar-refractivity contribution in [1.82, 2.24) is 0 Å². The summed E-state index contributed by atoms with van der Waals surface area (Å²) in [7, 11) is 0. The van der Waals surface area contributed by atoms with Gasteiger partial charge in [-0.3, -0.25) is 0 Å². The van der Waals surface area contributed by atoms with Crippen LogP contribution in [-0.2, 0) is 470 Å². The van der Waals surface area contributed by atoms with Gasteiger partial charge >= 0.3 is 0 Å². The molecule has 0 rings (SSSR count). The Labute approximate surface area is 457 Å². The molecule has 0 aromatic carbocycles. The Morgan fingerprint density at radius 2 is 0.0800 bits per heavy atom. The first-order valence-electron chi connectivity index (χ1n) is 0. The van der Waals surface area contributed by atoms with Gasteiger partial charge in [0.05, 0.1) is 0 Å². The fraction of sp³-hybridized carbons (Fsp3) is 0. The van der Waals surface area contributed by atoms with Crippen LogP contribution in [0.3, 0.4) is 0 Å². The van der Waals surface area contributed by atoms with Crippen molar-refractivity contribution in [3.63, 3.8) is 0 Å². The molecule has 0 amide bonds. The predicted molar refractivity (Wildman–Crippen MR) is 0 cm³/mol. The summed E-state index contributed by atoms with van der Waals surface area (Å²) < 4.78 is 0. The minimum Gasteiger partial charge on any atom is 0 e. The van der Waals surface area contributed by atoms with Crippen LogP contribution in [0.15, 0.2) is 0 Å². The first-order valence-corrected chi connectivity index (χ1v) is 0. The van der Waals surface area contributed by atoms with E-state index in [1.54, 1.807) is 0 Å². The molecule has 0 heterocycles. The van der Waals surface area contributed by atoms with Crippen LogP contribution in [0, 0.1) is 0 Å². The van der Waals surface area contributed by atoms with Crippen molar-refractivity contribution in [3.05, 3.63) is 0 Å². The van der Waals surface area contributed by atoms with E-state index >= 15 is 0 Å². The van der Waals surface area contributed by atoms with E-state index in [4.69, 9.17) is 0 Å². The maximum Gasteiger partial charge on any atom is 0 e. The fourth-order valence-corrected chi connectivity index (χ4v) is 0. The molecule has 0 spiro atoms. The molecule has 0 N–H and O–H groups in total. The minimum absolute atomic E-state index is 0. The zero-order chi connectivity index (χ0) is 0. The van der Waals surface area contributed by atoms with Crippen LogP contribution in [0.25, 0.3) is 0 Å². The van der Waals surface area contributed by atoms with Gasteiger partial charge in [-0.05, 0) is 0 Å². The molecular weight excluding hydrogens is 1350 g/mol. The molecule has 0 aliphatic rings. The van der Waals surface area contributed by atoms with E-state index in [1.807, 2.05) is 0 Å². The van der Waals surface area contributed by atoms with Crippen LogP contribution in [-0.4, -0.2) is 0 Å². The predicted octanol–water partition coefficient (Wildman–Crippen LogP) is -0.0625. The molecule has 0 radical (unpaired) electrons. The fourth-order valence-electron chi connectivity index (χ4n) is 0. The van der Waals surface area contributed by atoms with Crippen molar-refractivity contribution in [2.75, 3.05) is 0 Å². The largest absolute Gasteiger partial charge is 0 e. The molecule has 25 heavy (non-hydrogen) atoms. The molecule has 0 saturated carbocycles. The summed E-state index contributed by atoms with van der Waals surface area (Å²) in [4.78, 5) is 0. The van der Waals surface area contributed by atoms with Crippen molar-refractivity contribution in [2.45, 2.75) is 0 Å². The van der Waals surface area contributed by atoms with Crippen molar-refractivity contribution in [2.24, 2.45) is 0 Å². The van der Waals surface area contributed by atoms with Gasteiger partial charge in [0.2, 0.25) is 0 Å². The van der Waals surface area contributed by atoms with Gasteiger partial charge in [0.1, 0.15) is 0 Å². The Hall–Kier alpha value is 14.8. The first-order chi connectivity index (χ1) is 0. The third kappa shape index (κ3) is 240. The summed E-state index contributed by atoms with van der Waals surface area (Å²) in [5.74, 6) is 0. The average Bonchev–Trinajstić information content (AvgIpc) is 0. The number of hydrogen-bond donors (Lipinski definition) is 0. The summed E-state index contributed by atoms with van der Waals surface area (Å²) >= 11 is 0. The Balaban J connectivity index is 0. The van der Waals surface area contributed by atoms with Gasteiger partial charge in [-0.25, -0.2) is 0 Å². The zero-order valence-corrected chi connectivity index (χ0v) is 40.9. The molecule has 25 heteroatoms. The molecule has 0 nitrogen and oxygen atoms in total. The summed E-state index contributed by atoms with van der Waals surface area (Å²) in [5.41, 5.74) is 0. The molecule has 0 aromatic heterocycles. The minimum atomic E-state index is 0. The normalized spacial score (nSPS) is 0. The zero-order valence-electron chi connectivity index (χ0n) is 9.93. The topological polar surface area (TPSA) is 0 Å². The van der Waals surface area contributed by atoms with Crippen LogP contribution in [0.1, 0.15) is 0 Å². The van der Waals surface area contributed by atoms with E-state index < -0.39 is 0 Å². The standard InChI is InChI=1S/14Ni.11Ti. The molecule has 0 saturated heterocycles. The van der Waals surface area contributed by atoms with Crippen molar-refractivity contribution in [1.29, 1.82) is 0 Å². The third-order valence-corrected chi connectivity index (χ3v) is 0. The molecule has 0 atom stereocenters. The van der Waals surface area contributed by atoms with Crippen LogP contribution in [0.2, 0.25) is 0 Å². The van der Waals surface area contributed by atoms with E-state index in [1.165, 1.54) is 0 Å². The Bertz CT molecular complexity index is 24.7. The van der Waals surface area contributed by atoms with Crippen LogP contribution in [0.4, 0.5) is 0 Å². The van der Waals surface area contributed by atoms with E-state index in [0.717, 1.165) is 0 Å². The van der Waals surface area contributed by atoms with Gasteiger partial charge in [0.25, 0.3) is 0 Å². The molecule has 0 unspecified atom stereocenters. The van der Waals surface area contributed by atoms with E-state index in [-0.39, 0.29) is 470 Å². The van der Waals surface area contributed by atoms with Gasteiger partial charge in [-0.2, -0.15) is 0 Å². The molecule has 0 fully saturated rings. The van der Waals surface area contributed by atoms with Crippen molar-refractivity contribution < 1.29 is 470 Å².